The van der Waals surface area contributed by atoms with Gasteiger partial charge >= 0.3 is 15.6 Å². The van der Waals surface area contributed by atoms with Gasteiger partial charge in [0.1, 0.15) is 5.75 Å². The first-order valence-corrected chi connectivity index (χ1v) is 14.0. The molecular weight excluding hydrogens is 549 g/mol. The molecule has 8 heteroatoms. The summed E-state index contributed by atoms with van der Waals surface area (Å²) < 4.78 is 62.8. The molecule has 0 spiro atoms. The van der Waals surface area contributed by atoms with E-state index in [1.165, 1.54) is 44.5 Å². The van der Waals surface area contributed by atoms with E-state index in [2.05, 4.69) is 103 Å². The summed E-state index contributed by atoms with van der Waals surface area (Å²) in [6, 6.07) is 44.4. The second-order valence-electron chi connectivity index (χ2n) is 9.05. The molecule has 0 atom stereocenters. The first-order chi connectivity index (χ1) is 19.6. The summed E-state index contributed by atoms with van der Waals surface area (Å²) in [6.45, 7) is 0. The molecule has 0 fully saturated rings. The summed E-state index contributed by atoms with van der Waals surface area (Å²) in [7, 11) is -4.14. The minimum Gasteiger partial charge on any atom is -0.497 e. The van der Waals surface area contributed by atoms with Crippen molar-refractivity contribution >= 4 is 10.1 Å². The van der Waals surface area contributed by atoms with Crippen LogP contribution in [0.2, 0.25) is 0 Å². The molecule has 0 bridgehead atoms. The number of alkyl halides is 3. The van der Waals surface area contributed by atoms with E-state index in [0.29, 0.717) is 0 Å². The quantitative estimate of drug-likeness (QED) is 0.169. The van der Waals surface area contributed by atoms with E-state index in [-0.39, 0.29) is 0 Å². The minimum absolute atomic E-state index is 0.898. The Morgan fingerprint density at radius 2 is 1.07 bits per heavy atom. The third kappa shape index (κ3) is 7.42. The molecule has 1 N–H and O–H groups in total. The maximum absolute atomic E-state index is 10.7. The van der Waals surface area contributed by atoms with Crippen molar-refractivity contribution in [2.45, 2.75) is 11.9 Å². The van der Waals surface area contributed by atoms with E-state index < -0.39 is 15.6 Å². The van der Waals surface area contributed by atoms with Crippen LogP contribution in [0.3, 0.4) is 0 Å². The van der Waals surface area contributed by atoms with Crippen molar-refractivity contribution in [3.63, 3.8) is 0 Å². The van der Waals surface area contributed by atoms with E-state index in [4.69, 9.17) is 17.7 Å². The zero-order valence-electron chi connectivity index (χ0n) is 22.0. The fraction of sp³-hybridized carbons (Fsp3) is 0.0909. The van der Waals surface area contributed by atoms with Crippen LogP contribution in [-0.4, -0.2) is 25.6 Å². The molecule has 0 saturated carbocycles. The fourth-order valence-corrected chi connectivity index (χ4v) is 4.46. The summed E-state index contributed by atoms with van der Waals surface area (Å²) in [5.74, 6) is 0.898. The van der Waals surface area contributed by atoms with Crippen LogP contribution in [0.1, 0.15) is 11.1 Å². The van der Waals surface area contributed by atoms with Crippen molar-refractivity contribution in [3.05, 3.63) is 139 Å². The predicted molar refractivity (Wildman–Crippen MR) is 156 cm³/mol. The van der Waals surface area contributed by atoms with E-state index in [1.54, 1.807) is 7.11 Å². The molecule has 5 aromatic rings. The van der Waals surface area contributed by atoms with Crippen molar-refractivity contribution in [2.24, 2.45) is 0 Å². The zero-order valence-corrected chi connectivity index (χ0v) is 22.9. The second-order valence-corrected chi connectivity index (χ2v) is 10.5. The SMILES string of the molecule is COc1ccc(-c2cccc3c2Cc2ccccc2-3)cc1.O=S(=O)(O)C(F)(F)F.c1ccc(-c2ccccc2)cc1. The highest BCUT2D eigenvalue weighted by molar-refractivity contribution is 7.86. The lowest BCUT2D eigenvalue weighted by Crippen LogP contribution is -2.21. The molecule has 0 unspecified atom stereocenters. The van der Waals surface area contributed by atoms with E-state index in [9.17, 15) is 13.2 Å². The van der Waals surface area contributed by atoms with Crippen LogP contribution < -0.4 is 4.74 Å². The molecule has 6 rings (SSSR count). The highest BCUT2D eigenvalue weighted by Crippen LogP contribution is 2.41. The molecule has 0 amide bonds. The van der Waals surface area contributed by atoms with Crippen molar-refractivity contribution in [1.82, 2.24) is 0 Å². The van der Waals surface area contributed by atoms with Crippen LogP contribution in [0.5, 0.6) is 5.75 Å². The topological polar surface area (TPSA) is 63.6 Å². The van der Waals surface area contributed by atoms with Crippen LogP contribution >= 0.6 is 0 Å². The van der Waals surface area contributed by atoms with Crippen molar-refractivity contribution in [2.75, 3.05) is 7.11 Å². The van der Waals surface area contributed by atoms with Crippen molar-refractivity contribution < 1.29 is 30.9 Å². The lowest BCUT2D eigenvalue weighted by atomic mass is 9.96. The van der Waals surface area contributed by atoms with Gasteiger partial charge in [0.2, 0.25) is 0 Å². The van der Waals surface area contributed by atoms with E-state index >= 15 is 0 Å². The third-order valence-electron chi connectivity index (χ3n) is 6.43. The summed E-state index contributed by atoms with van der Waals surface area (Å²) in [5.41, 5.74) is 5.20. The first-order valence-electron chi connectivity index (χ1n) is 12.6. The Kier molecular flexibility index (Phi) is 9.27. The highest BCUT2D eigenvalue weighted by atomic mass is 32.2. The van der Waals surface area contributed by atoms with Crippen molar-refractivity contribution in [1.29, 1.82) is 0 Å². The first kappa shape index (κ1) is 29.6. The summed E-state index contributed by atoms with van der Waals surface area (Å²) in [5, 5.41) is 0. The lowest BCUT2D eigenvalue weighted by molar-refractivity contribution is -0.0510. The van der Waals surface area contributed by atoms with Gasteiger partial charge in [-0.25, -0.2) is 0 Å². The fourth-order valence-electron chi connectivity index (χ4n) is 4.46. The average Bonchev–Trinajstić information content (AvgIpc) is 3.37. The Morgan fingerprint density at radius 3 is 1.59 bits per heavy atom. The molecule has 0 aliphatic heterocycles. The monoisotopic (exact) mass is 576 g/mol. The van der Waals surface area contributed by atoms with Gasteiger partial charge in [0.05, 0.1) is 7.11 Å². The molecular formula is C33H27F3O4S. The Labute approximate surface area is 237 Å². The highest BCUT2D eigenvalue weighted by Gasteiger charge is 2.44. The average molecular weight is 577 g/mol. The summed E-state index contributed by atoms with van der Waals surface area (Å²) in [4.78, 5) is 0. The van der Waals surface area contributed by atoms with Gasteiger partial charge in [0.25, 0.3) is 0 Å². The van der Waals surface area contributed by atoms with Crippen LogP contribution in [0.25, 0.3) is 33.4 Å². The molecule has 1 aliphatic rings. The zero-order chi connectivity index (χ0) is 29.5. The minimum atomic E-state index is -5.84. The number of hydrogen-bond acceptors (Lipinski definition) is 3. The Bertz CT molecular complexity index is 1650. The number of halogens is 3. The van der Waals surface area contributed by atoms with Crippen LogP contribution in [0.15, 0.2) is 127 Å². The molecule has 4 nitrogen and oxygen atoms in total. The van der Waals surface area contributed by atoms with Gasteiger partial charge in [0.15, 0.2) is 0 Å². The Balaban J connectivity index is 0.000000164. The van der Waals surface area contributed by atoms with Gasteiger partial charge in [-0.05, 0) is 63.1 Å². The molecule has 0 heterocycles. The summed E-state index contributed by atoms with van der Waals surface area (Å²) in [6.07, 6.45) is 1.02. The van der Waals surface area contributed by atoms with Gasteiger partial charge in [-0.15, -0.1) is 0 Å². The maximum atomic E-state index is 10.7. The van der Waals surface area contributed by atoms with Gasteiger partial charge in [-0.2, -0.15) is 21.6 Å². The van der Waals surface area contributed by atoms with E-state index in [0.717, 1.165) is 12.2 Å². The number of hydrogen-bond donors (Lipinski definition) is 1. The van der Waals surface area contributed by atoms with Crippen molar-refractivity contribution in [3.8, 4) is 39.1 Å². The second kappa shape index (κ2) is 12.8. The van der Waals surface area contributed by atoms with Gasteiger partial charge in [0, 0.05) is 0 Å². The lowest BCUT2D eigenvalue weighted by Gasteiger charge is -2.09. The van der Waals surface area contributed by atoms with Crippen LogP contribution in [0, 0.1) is 0 Å². The third-order valence-corrected chi connectivity index (χ3v) is 7.01. The Morgan fingerprint density at radius 1 is 0.610 bits per heavy atom. The molecule has 0 saturated heterocycles. The normalized spacial score (nSPS) is 11.6. The molecule has 5 aromatic carbocycles. The molecule has 41 heavy (non-hydrogen) atoms. The number of fused-ring (bicyclic) bond motifs is 3. The Hall–Kier alpha value is -4.40. The van der Waals surface area contributed by atoms with Gasteiger partial charge < -0.3 is 4.74 Å². The van der Waals surface area contributed by atoms with Gasteiger partial charge in [-0.1, -0.05) is 115 Å². The van der Waals surface area contributed by atoms with Crippen LogP contribution in [0.4, 0.5) is 13.2 Å². The van der Waals surface area contributed by atoms with Crippen LogP contribution in [-0.2, 0) is 16.5 Å². The van der Waals surface area contributed by atoms with Gasteiger partial charge in [-0.3, -0.25) is 4.55 Å². The summed E-state index contributed by atoms with van der Waals surface area (Å²) >= 11 is 0. The number of benzene rings is 5. The molecule has 1 aliphatic carbocycles. The maximum Gasteiger partial charge on any atom is 0.522 e. The number of methoxy groups -OCH3 is 1. The number of ether oxygens (including phenoxy) is 1. The smallest absolute Gasteiger partial charge is 0.497 e. The molecule has 0 aromatic heterocycles. The standard InChI is InChI=1S/C20H16O.C12H10.CHF3O3S/c1-21-16-11-9-14(10-12-16)17-7-4-8-19-18-6-3-2-5-15(18)13-20(17)19;1-3-7-11(8-4-1)12-9-5-2-6-10-12;2-1(3,4)8(5,6)7/h2-12H,13H2,1H3;1-10H;(H,5,6,7). The van der Waals surface area contributed by atoms with E-state index in [1.807, 2.05) is 24.3 Å². The molecule has 210 valence electrons. The number of rotatable bonds is 3. The largest absolute Gasteiger partial charge is 0.522 e. The molecule has 0 radical (unpaired) electrons. The predicted octanol–water partition coefficient (Wildman–Crippen LogP) is 8.68.